The van der Waals surface area contributed by atoms with Crippen molar-refractivity contribution in [1.29, 1.82) is 0 Å². The number of nitrogens with zero attached hydrogens (tertiary/aromatic N) is 1. The van der Waals surface area contributed by atoms with Gasteiger partial charge in [0.1, 0.15) is 0 Å². The number of thiophene rings is 1. The number of rotatable bonds is 5. The second-order valence-electron chi connectivity index (χ2n) is 6.60. The quantitative estimate of drug-likeness (QED) is 0.493. The van der Waals surface area contributed by atoms with E-state index in [0.717, 1.165) is 20.5 Å². The largest absolute Gasteiger partial charge is 0.334 e. The van der Waals surface area contributed by atoms with Gasteiger partial charge in [0.05, 0.1) is 15.8 Å². The maximum absolute atomic E-state index is 12.9. The Bertz CT molecular complexity index is 1090. The van der Waals surface area contributed by atoms with E-state index in [1.807, 2.05) is 43.3 Å². The van der Waals surface area contributed by atoms with E-state index < -0.39 is 9.84 Å². The van der Waals surface area contributed by atoms with Crippen LogP contribution >= 0.6 is 27.3 Å². The fourth-order valence-corrected chi connectivity index (χ4v) is 4.68. The van der Waals surface area contributed by atoms with Gasteiger partial charge in [-0.05, 0) is 54.4 Å². The smallest absolute Gasteiger partial charge is 0.264 e. The van der Waals surface area contributed by atoms with Crippen molar-refractivity contribution in [2.75, 3.05) is 13.3 Å². The van der Waals surface area contributed by atoms with Gasteiger partial charge in [-0.2, -0.15) is 0 Å². The Hall–Kier alpha value is -1.96. The molecule has 0 saturated carbocycles. The number of halogens is 1. The van der Waals surface area contributed by atoms with Crippen LogP contribution in [0.15, 0.2) is 70.0 Å². The molecule has 0 aliphatic carbocycles. The minimum absolute atomic E-state index is 0.0620. The van der Waals surface area contributed by atoms with E-state index >= 15 is 0 Å². The zero-order chi connectivity index (χ0) is 20.5. The lowest BCUT2D eigenvalue weighted by Crippen LogP contribution is -2.29. The number of carbonyl (C=O) groups excluding carboxylic acids is 1. The summed E-state index contributed by atoms with van der Waals surface area (Å²) in [6.45, 7) is 1.93. The van der Waals surface area contributed by atoms with Gasteiger partial charge < -0.3 is 4.90 Å². The topological polar surface area (TPSA) is 54.5 Å². The lowest BCUT2D eigenvalue weighted by atomic mass is 10.1. The first kappa shape index (κ1) is 20.8. The minimum atomic E-state index is -3.23. The molecule has 0 bridgehead atoms. The predicted molar refractivity (Wildman–Crippen MR) is 118 cm³/mol. The third-order valence-corrected chi connectivity index (χ3v) is 7.42. The molecule has 0 saturated heterocycles. The minimum Gasteiger partial charge on any atom is -0.334 e. The fraction of sp³-hybridized carbons (Fsp3) is 0.190. The molecule has 0 aliphatic rings. The van der Waals surface area contributed by atoms with Crippen molar-refractivity contribution >= 4 is 43.0 Å². The Balaban J connectivity index is 1.77. The third-order valence-electron chi connectivity index (χ3n) is 4.64. The van der Waals surface area contributed by atoms with Gasteiger partial charge in [-0.1, -0.05) is 40.2 Å². The predicted octanol–water partition coefficient (Wildman–Crippen LogP) is 5.41. The zero-order valence-corrected chi connectivity index (χ0v) is 18.9. The third kappa shape index (κ3) is 4.54. The average molecular weight is 478 g/mol. The Labute approximate surface area is 177 Å². The van der Waals surface area contributed by atoms with Crippen molar-refractivity contribution in [2.45, 2.75) is 17.9 Å². The maximum atomic E-state index is 12.9. The van der Waals surface area contributed by atoms with Crippen molar-refractivity contribution in [1.82, 2.24) is 4.90 Å². The number of amides is 1. The first-order valence-corrected chi connectivity index (χ1v) is 12.1. The number of benzene rings is 2. The molecular formula is C21H20BrNO3S2. The monoisotopic (exact) mass is 477 g/mol. The Morgan fingerprint density at radius 3 is 2.18 bits per heavy atom. The van der Waals surface area contributed by atoms with Gasteiger partial charge in [-0.25, -0.2) is 8.42 Å². The maximum Gasteiger partial charge on any atom is 0.264 e. The summed E-state index contributed by atoms with van der Waals surface area (Å²) in [5.74, 6) is -0.0620. The van der Waals surface area contributed by atoms with Crippen LogP contribution in [0, 0.1) is 0 Å². The van der Waals surface area contributed by atoms with Gasteiger partial charge in [0, 0.05) is 22.7 Å². The lowest BCUT2D eigenvalue weighted by molar-refractivity contribution is 0.0747. The van der Waals surface area contributed by atoms with Crippen LogP contribution in [0.2, 0.25) is 0 Å². The van der Waals surface area contributed by atoms with Gasteiger partial charge >= 0.3 is 0 Å². The van der Waals surface area contributed by atoms with E-state index in [2.05, 4.69) is 15.9 Å². The summed E-state index contributed by atoms with van der Waals surface area (Å²) >= 11 is 4.89. The lowest BCUT2D eigenvalue weighted by Gasteiger charge is -2.25. The molecule has 2 aromatic carbocycles. The number of sulfone groups is 1. The fourth-order valence-electron chi connectivity index (χ4n) is 2.79. The standard InChI is InChI=1S/C21H20BrNO3S2/c1-14(15-6-10-18(11-7-15)28(3,25)26)23(2)21(24)20-13-12-19(27-20)16-4-8-17(22)9-5-16/h4-14H,1-3H3. The van der Waals surface area contributed by atoms with Crippen molar-refractivity contribution in [3.8, 4) is 10.4 Å². The molecule has 1 amide bonds. The molecule has 3 rings (SSSR count). The van der Waals surface area contributed by atoms with E-state index in [0.29, 0.717) is 4.88 Å². The molecule has 146 valence electrons. The number of hydrogen-bond acceptors (Lipinski definition) is 4. The summed E-state index contributed by atoms with van der Waals surface area (Å²) < 4.78 is 24.2. The average Bonchev–Trinajstić information content (AvgIpc) is 3.16. The van der Waals surface area contributed by atoms with E-state index in [-0.39, 0.29) is 16.8 Å². The summed E-state index contributed by atoms with van der Waals surface area (Å²) in [5, 5.41) is 0. The second kappa shape index (κ2) is 8.19. The van der Waals surface area contributed by atoms with Gasteiger partial charge in [-0.15, -0.1) is 11.3 Å². The highest BCUT2D eigenvalue weighted by atomic mass is 79.9. The molecule has 4 nitrogen and oxygen atoms in total. The molecular weight excluding hydrogens is 458 g/mol. The van der Waals surface area contributed by atoms with Gasteiger partial charge in [0.15, 0.2) is 9.84 Å². The Kier molecular flexibility index (Phi) is 6.07. The van der Waals surface area contributed by atoms with Gasteiger partial charge in [-0.3, -0.25) is 4.79 Å². The molecule has 28 heavy (non-hydrogen) atoms. The SMILES string of the molecule is CC(c1ccc(S(C)(=O)=O)cc1)N(C)C(=O)c1ccc(-c2ccc(Br)cc2)s1. The molecule has 1 aromatic heterocycles. The van der Waals surface area contributed by atoms with E-state index in [4.69, 9.17) is 0 Å². The van der Waals surface area contributed by atoms with Crippen molar-refractivity contribution in [2.24, 2.45) is 0 Å². The molecule has 0 aliphatic heterocycles. The van der Waals surface area contributed by atoms with Crippen LogP contribution in [-0.2, 0) is 9.84 Å². The summed E-state index contributed by atoms with van der Waals surface area (Å²) in [5.41, 5.74) is 1.95. The summed E-state index contributed by atoms with van der Waals surface area (Å²) in [7, 11) is -1.47. The molecule has 0 spiro atoms. The highest BCUT2D eigenvalue weighted by Crippen LogP contribution is 2.31. The normalized spacial score (nSPS) is 12.6. The summed E-state index contributed by atoms with van der Waals surface area (Å²) in [4.78, 5) is 16.6. The molecule has 0 radical (unpaired) electrons. The molecule has 1 atom stereocenters. The Morgan fingerprint density at radius 2 is 1.61 bits per heavy atom. The van der Waals surface area contributed by atoms with Crippen LogP contribution in [0.4, 0.5) is 0 Å². The van der Waals surface area contributed by atoms with Crippen molar-refractivity contribution in [3.05, 3.63) is 75.6 Å². The molecule has 1 unspecified atom stereocenters. The van der Waals surface area contributed by atoms with Crippen LogP contribution in [0.5, 0.6) is 0 Å². The molecule has 0 N–H and O–H groups in total. The second-order valence-corrected chi connectivity index (χ2v) is 10.6. The van der Waals surface area contributed by atoms with E-state index in [9.17, 15) is 13.2 Å². The highest BCUT2D eigenvalue weighted by Gasteiger charge is 2.21. The number of hydrogen-bond donors (Lipinski definition) is 0. The van der Waals surface area contributed by atoms with Crippen molar-refractivity contribution < 1.29 is 13.2 Å². The van der Waals surface area contributed by atoms with Crippen LogP contribution in [0.3, 0.4) is 0 Å². The van der Waals surface area contributed by atoms with Crippen LogP contribution in [0.1, 0.15) is 28.2 Å². The molecule has 0 fully saturated rings. The molecule has 1 heterocycles. The van der Waals surface area contributed by atoms with Crippen molar-refractivity contribution in [3.63, 3.8) is 0 Å². The van der Waals surface area contributed by atoms with Crippen LogP contribution in [-0.4, -0.2) is 32.5 Å². The van der Waals surface area contributed by atoms with E-state index in [1.165, 1.54) is 17.6 Å². The number of carbonyl (C=O) groups is 1. The summed E-state index contributed by atoms with van der Waals surface area (Å²) in [6, 6.07) is 18.3. The van der Waals surface area contributed by atoms with Gasteiger partial charge in [0.2, 0.25) is 0 Å². The van der Waals surface area contributed by atoms with Crippen LogP contribution < -0.4 is 0 Å². The first-order chi connectivity index (χ1) is 13.2. The Morgan fingerprint density at radius 1 is 1.00 bits per heavy atom. The zero-order valence-electron chi connectivity index (χ0n) is 15.7. The molecule has 3 aromatic rings. The summed E-state index contributed by atoms with van der Waals surface area (Å²) in [6.07, 6.45) is 1.18. The molecule has 7 heteroatoms. The van der Waals surface area contributed by atoms with E-state index in [1.54, 1.807) is 36.2 Å². The highest BCUT2D eigenvalue weighted by molar-refractivity contribution is 9.10. The van der Waals surface area contributed by atoms with Gasteiger partial charge in [0.25, 0.3) is 5.91 Å². The first-order valence-electron chi connectivity index (χ1n) is 8.60. The van der Waals surface area contributed by atoms with Crippen LogP contribution in [0.25, 0.3) is 10.4 Å².